The zero-order valence-corrected chi connectivity index (χ0v) is 13.4. The Kier molecular flexibility index (Phi) is 4.32. The molecule has 1 saturated heterocycles. The van der Waals surface area contributed by atoms with E-state index in [1.165, 1.54) is 17.3 Å². The van der Waals surface area contributed by atoms with Crippen molar-refractivity contribution in [3.63, 3.8) is 0 Å². The molecule has 2 atom stereocenters. The van der Waals surface area contributed by atoms with Gasteiger partial charge in [-0.2, -0.15) is 16.1 Å². The van der Waals surface area contributed by atoms with Crippen molar-refractivity contribution in [2.45, 2.75) is 37.0 Å². The van der Waals surface area contributed by atoms with E-state index in [9.17, 15) is 12.8 Å². The van der Waals surface area contributed by atoms with Crippen molar-refractivity contribution in [1.29, 1.82) is 0 Å². The third-order valence-corrected chi connectivity index (χ3v) is 7.18. The van der Waals surface area contributed by atoms with Gasteiger partial charge in [0.25, 0.3) is 0 Å². The van der Waals surface area contributed by atoms with Crippen molar-refractivity contribution in [1.82, 2.24) is 4.31 Å². The lowest BCUT2D eigenvalue weighted by molar-refractivity contribution is 0.340. The van der Waals surface area contributed by atoms with Gasteiger partial charge in [0.15, 0.2) is 0 Å². The fraction of sp³-hybridized carbons (Fsp3) is 0.538. The van der Waals surface area contributed by atoms with Crippen LogP contribution < -0.4 is 5.73 Å². The van der Waals surface area contributed by atoms with Gasteiger partial charge in [0, 0.05) is 34.8 Å². The van der Waals surface area contributed by atoms with Crippen LogP contribution in [0.3, 0.4) is 0 Å². The predicted molar refractivity (Wildman–Crippen MR) is 80.8 cm³/mol. The van der Waals surface area contributed by atoms with Crippen molar-refractivity contribution >= 4 is 27.5 Å². The van der Waals surface area contributed by atoms with Gasteiger partial charge in [-0.15, -0.1) is 0 Å². The van der Waals surface area contributed by atoms with Gasteiger partial charge in [-0.1, -0.05) is 6.92 Å². The minimum absolute atomic E-state index is 0.0269. The summed E-state index contributed by atoms with van der Waals surface area (Å²) in [5.74, 6) is 0.157. The van der Waals surface area contributed by atoms with Crippen LogP contribution in [0.4, 0.5) is 10.1 Å². The third kappa shape index (κ3) is 2.66. The molecule has 1 aliphatic rings. The van der Waals surface area contributed by atoms with Crippen molar-refractivity contribution < 1.29 is 12.8 Å². The van der Waals surface area contributed by atoms with E-state index in [1.807, 2.05) is 13.8 Å². The smallest absolute Gasteiger partial charge is 0.243 e. The number of benzene rings is 1. The molecule has 0 aliphatic carbocycles. The van der Waals surface area contributed by atoms with Crippen molar-refractivity contribution in [2.75, 3.05) is 18.0 Å². The summed E-state index contributed by atoms with van der Waals surface area (Å²) in [4.78, 5) is -0.0269. The van der Waals surface area contributed by atoms with Crippen LogP contribution >= 0.6 is 11.8 Å². The summed E-state index contributed by atoms with van der Waals surface area (Å²) in [5.41, 5.74) is 5.84. The van der Waals surface area contributed by atoms with E-state index in [0.29, 0.717) is 6.54 Å². The Morgan fingerprint density at radius 3 is 2.70 bits per heavy atom. The van der Waals surface area contributed by atoms with Crippen LogP contribution in [-0.2, 0) is 10.0 Å². The minimum atomic E-state index is -3.72. The summed E-state index contributed by atoms with van der Waals surface area (Å²) in [5, 5.41) is 0.213. The second-order valence-electron chi connectivity index (χ2n) is 5.06. The number of thioether (sulfide) groups is 1. The number of hydrogen-bond acceptors (Lipinski definition) is 4. The summed E-state index contributed by atoms with van der Waals surface area (Å²) in [6.07, 6.45) is 0. The van der Waals surface area contributed by atoms with Crippen LogP contribution in [-0.4, -0.2) is 36.3 Å². The molecular weight excluding hydrogens is 299 g/mol. The third-order valence-electron chi connectivity index (χ3n) is 3.73. The average Bonchev–Trinajstić information content (AvgIpc) is 2.36. The molecule has 4 nitrogen and oxygen atoms in total. The van der Waals surface area contributed by atoms with Crippen LogP contribution in [0.15, 0.2) is 17.0 Å². The topological polar surface area (TPSA) is 63.4 Å². The number of anilines is 1. The fourth-order valence-corrected chi connectivity index (χ4v) is 5.58. The summed E-state index contributed by atoms with van der Waals surface area (Å²) in [6, 6.07) is 2.36. The number of halogens is 1. The highest BCUT2D eigenvalue weighted by Crippen LogP contribution is 2.31. The maximum atomic E-state index is 13.7. The lowest BCUT2D eigenvalue weighted by atomic mass is 10.2. The predicted octanol–water partition coefficient (Wildman–Crippen LogP) is 2.23. The quantitative estimate of drug-likeness (QED) is 0.849. The van der Waals surface area contributed by atoms with Crippen LogP contribution in [0.5, 0.6) is 0 Å². The average molecular weight is 318 g/mol. The molecule has 2 rings (SSSR count). The first-order chi connectivity index (χ1) is 9.25. The van der Waals surface area contributed by atoms with Crippen molar-refractivity contribution in [2.24, 2.45) is 0 Å². The largest absolute Gasteiger partial charge is 0.399 e. The first-order valence-corrected chi connectivity index (χ1v) is 8.93. The molecule has 1 aromatic rings. The first-order valence-electron chi connectivity index (χ1n) is 6.44. The highest BCUT2D eigenvalue weighted by atomic mass is 32.2. The lowest BCUT2D eigenvalue weighted by Crippen LogP contribution is -2.48. The highest BCUT2D eigenvalue weighted by molar-refractivity contribution is 8.00. The SMILES string of the molecule is Cc1c(F)cc(N)cc1S(=O)(=O)N1CCSC(C)C1C. The monoisotopic (exact) mass is 318 g/mol. The number of nitrogens with two attached hydrogens (primary N) is 1. The molecule has 7 heteroatoms. The Morgan fingerprint density at radius 1 is 1.40 bits per heavy atom. The van der Waals surface area contributed by atoms with Crippen LogP contribution in [0.2, 0.25) is 0 Å². The van der Waals surface area contributed by atoms with E-state index < -0.39 is 15.8 Å². The standard InChI is InChI=1S/C13H19FN2O2S2/c1-8-12(14)6-11(15)7-13(8)20(17,18)16-4-5-19-10(3)9(16)2/h6-7,9-10H,4-5,15H2,1-3H3. The summed E-state index contributed by atoms with van der Waals surface area (Å²) in [6.45, 7) is 5.79. The van der Waals surface area contributed by atoms with E-state index in [0.717, 1.165) is 11.8 Å². The molecule has 1 fully saturated rings. The number of sulfonamides is 1. The highest BCUT2D eigenvalue weighted by Gasteiger charge is 2.36. The van der Waals surface area contributed by atoms with Gasteiger partial charge in [0.2, 0.25) is 10.0 Å². The fourth-order valence-electron chi connectivity index (χ4n) is 2.31. The molecule has 2 N–H and O–H groups in total. The number of rotatable bonds is 2. The second-order valence-corrected chi connectivity index (χ2v) is 8.40. The van der Waals surface area contributed by atoms with E-state index >= 15 is 0 Å². The minimum Gasteiger partial charge on any atom is -0.399 e. The number of hydrogen-bond donors (Lipinski definition) is 1. The Morgan fingerprint density at radius 2 is 2.05 bits per heavy atom. The van der Waals surface area contributed by atoms with E-state index in [-0.39, 0.29) is 27.4 Å². The second kappa shape index (κ2) is 5.54. The van der Waals surface area contributed by atoms with E-state index in [2.05, 4.69) is 0 Å². The molecule has 0 amide bonds. The van der Waals surface area contributed by atoms with Gasteiger partial charge < -0.3 is 5.73 Å². The van der Waals surface area contributed by atoms with Gasteiger partial charge in [-0.05, 0) is 26.0 Å². The number of nitrogen functional groups attached to an aromatic ring is 1. The molecule has 1 aromatic carbocycles. The number of nitrogens with zero attached hydrogens (tertiary/aromatic N) is 1. The van der Waals surface area contributed by atoms with Crippen molar-refractivity contribution in [3.05, 3.63) is 23.5 Å². The molecule has 1 heterocycles. The van der Waals surface area contributed by atoms with Crippen molar-refractivity contribution in [3.8, 4) is 0 Å². The molecule has 2 unspecified atom stereocenters. The van der Waals surface area contributed by atoms with Gasteiger partial charge in [0.05, 0.1) is 4.90 Å². The molecule has 0 radical (unpaired) electrons. The zero-order chi connectivity index (χ0) is 15.1. The Hall–Kier alpha value is -0.790. The van der Waals surface area contributed by atoms with Crippen LogP contribution in [0, 0.1) is 12.7 Å². The Balaban J connectivity index is 2.50. The molecule has 0 spiro atoms. The van der Waals surface area contributed by atoms with Crippen LogP contribution in [0.25, 0.3) is 0 Å². The molecule has 0 saturated carbocycles. The molecule has 0 bridgehead atoms. The summed E-state index contributed by atoms with van der Waals surface area (Å²) >= 11 is 1.75. The molecule has 20 heavy (non-hydrogen) atoms. The molecule has 112 valence electrons. The summed E-state index contributed by atoms with van der Waals surface area (Å²) < 4.78 is 40.7. The van der Waals surface area contributed by atoms with E-state index in [4.69, 9.17) is 5.73 Å². The molecule has 0 aromatic heterocycles. The maximum absolute atomic E-state index is 13.7. The van der Waals surface area contributed by atoms with E-state index in [1.54, 1.807) is 11.8 Å². The maximum Gasteiger partial charge on any atom is 0.243 e. The Labute approximate surface area is 123 Å². The summed E-state index contributed by atoms with van der Waals surface area (Å²) in [7, 11) is -3.72. The normalized spacial score (nSPS) is 24.8. The zero-order valence-electron chi connectivity index (χ0n) is 11.8. The van der Waals surface area contributed by atoms with Gasteiger partial charge >= 0.3 is 0 Å². The van der Waals surface area contributed by atoms with Gasteiger partial charge in [-0.3, -0.25) is 0 Å². The lowest BCUT2D eigenvalue weighted by Gasteiger charge is -2.36. The first kappa shape index (κ1) is 15.6. The Bertz CT molecular complexity index is 619. The molecule has 1 aliphatic heterocycles. The molecular formula is C13H19FN2O2S2. The van der Waals surface area contributed by atoms with Gasteiger partial charge in [0.1, 0.15) is 5.82 Å². The van der Waals surface area contributed by atoms with Crippen LogP contribution in [0.1, 0.15) is 19.4 Å². The van der Waals surface area contributed by atoms with Gasteiger partial charge in [-0.25, -0.2) is 12.8 Å².